The Balaban J connectivity index is -0.0000000698. The first-order valence-electron chi connectivity index (χ1n) is 7.61. The molecule has 0 heterocycles. The number of hydrogen-bond donors (Lipinski definition) is 1. The van der Waals surface area contributed by atoms with Crippen LogP contribution in [0.1, 0.15) is 65.5 Å². The van der Waals surface area contributed by atoms with Crippen LogP contribution in [-0.2, 0) is 0 Å². The molecule has 0 amide bonds. The third-order valence-corrected chi connectivity index (χ3v) is 3.28. The zero-order chi connectivity index (χ0) is 18.5. The monoisotopic (exact) mass is 454 g/mol. The van der Waals surface area contributed by atoms with E-state index in [-0.39, 0.29) is 69.2 Å². The number of benzene rings is 2. The fourth-order valence-electron chi connectivity index (χ4n) is 1.81. The predicted molar refractivity (Wildman–Crippen MR) is 120 cm³/mol. The summed E-state index contributed by atoms with van der Waals surface area (Å²) < 4.78 is 0. The second kappa shape index (κ2) is 24.7. The first-order chi connectivity index (χ1) is 11.3. The van der Waals surface area contributed by atoms with Gasteiger partial charge in [-0.3, -0.25) is 0 Å². The van der Waals surface area contributed by atoms with Crippen molar-refractivity contribution in [3.05, 3.63) is 74.7 Å². The van der Waals surface area contributed by atoms with Gasteiger partial charge in [-0.15, -0.1) is 17.7 Å². The molecule has 9 heteroatoms. The second-order valence-electron chi connectivity index (χ2n) is 5.74. The molecular weight excluding hydrogens is 422 g/mol. The molecule has 0 aliphatic rings. The average molecular weight is 455 g/mol. The Kier molecular flexibility index (Phi) is 35.6. The molecule has 0 spiro atoms. The van der Waals surface area contributed by atoms with Gasteiger partial charge in [0.05, 0.1) is 0 Å². The molecule has 0 saturated heterocycles. The van der Waals surface area contributed by atoms with Gasteiger partial charge in [-0.1, -0.05) is 66.8 Å². The number of anilines is 1. The van der Waals surface area contributed by atoms with Gasteiger partial charge in [0.2, 0.25) is 5.39 Å². The van der Waals surface area contributed by atoms with E-state index in [4.69, 9.17) is 21.2 Å². The molecule has 0 saturated carbocycles. The number of hydrogen-bond acceptors (Lipinski definition) is 5. The molecule has 29 heavy (non-hydrogen) atoms. The minimum atomic E-state index is 0. The van der Waals surface area contributed by atoms with Gasteiger partial charge in [0.25, 0.3) is 0 Å². The molecule has 0 atom stereocenters. The summed E-state index contributed by atoms with van der Waals surface area (Å²) in [5, 5.41) is 17.4. The van der Waals surface area contributed by atoms with Crippen molar-refractivity contribution < 1.29 is 42.0 Å². The molecule has 0 aliphatic heterocycles. The normalized spacial score (nSPS) is 7.62. The quantitative estimate of drug-likeness (QED) is 0.244. The van der Waals surface area contributed by atoms with Crippen LogP contribution in [0, 0.1) is 15.5 Å². The Morgan fingerprint density at radius 3 is 1.41 bits per heavy atom. The molecule has 2 N–H and O–H groups in total. The average Bonchev–Trinajstić information content (AvgIpc) is 2.56. The van der Waals surface area contributed by atoms with Crippen molar-refractivity contribution in [3.8, 4) is 0 Å². The standard InChI is InChI=1S/C9H11N2.C9H13N.2CH4.2ClH.HNO2.Na/c1-7(2)8-3-5-9(11-10)6-4-8;1-7(2)8-3-5-9(10)6-4-8;;;;;2-1-3;/h3-7H,1-2H3;3-7H,10H2,1-2H3;2*1H4;2*1H;(H,2,3);/q+1;;;;;;;+1/p-2. The maximum absolute atomic E-state index is 8.39. The molecule has 0 radical (unpaired) electrons. The molecule has 2 aromatic carbocycles. The topological polar surface area (TPSA) is 107 Å². The number of nitrogen functional groups attached to an aromatic ring is 1. The first-order valence-corrected chi connectivity index (χ1v) is 7.61. The van der Waals surface area contributed by atoms with E-state index in [0.717, 1.165) is 11.0 Å². The van der Waals surface area contributed by atoms with E-state index in [1.807, 2.05) is 24.3 Å². The Hall–Kier alpha value is -1.36. The number of halogens is 2. The number of nitrogens with zero attached hydrogens (tertiary/aromatic N) is 3. The summed E-state index contributed by atoms with van der Waals surface area (Å²) in [5.74, 6) is 1.13. The zero-order valence-corrected chi connectivity index (χ0v) is 19.9. The third kappa shape index (κ3) is 19.7. The molecule has 160 valence electrons. The van der Waals surface area contributed by atoms with Gasteiger partial charge < -0.3 is 28.3 Å². The zero-order valence-electron chi connectivity index (χ0n) is 16.3. The van der Waals surface area contributed by atoms with Crippen LogP contribution in [0.15, 0.2) is 53.9 Å². The molecule has 0 aromatic heterocycles. The van der Waals surface area contributed by atoms with E-state index in [1.54, 1.807) is 12.1 Å². The van der Waals surface area contributed by atoms with Crippen LogP contribution in [0.3, 0.4) is 0 Å². The third-order valence-electron chi connectivity index (χ3n) is 3.28. The van der Waals surface area contributed by atoms with Gasteiger partial charge in [0.1, 0.15) is 0 Å². The van der Waals surface area contributed by atoms with E-state index >= 15 is 0 Å². The maximum Gasteiger partial charge on any atom is 1.00 e. The molecule has 0 unspecified atom stereocenters. The summed E-state index contributed by atoms with van der Waals surface area (Å²) in [6.45, 7) is 8.60. The number of rotatable bonds is 2. The van der Waals surface area contributed by atoms with E-state index < -0.39 is 0 Å². The van der Waals surface area contributed by atoms with E-state index in [0.29, 0.717) is 17.5 Å². The summed E-state index contributed by atoms with van der Waals surface area (Å²) in [6, 6.07) is 15.6. The summed E-state index contributed by atoms with van der Waals surface area (Å²) in [5.41, 5.74) is 9.57. The second-order valence-corrected chi connectivity index (χ2v) is 5.74. The van der Waals surface area contributed by atoms with Crippen molar-refractivity contribution in [2.45, 2.75) is 54.4 Å². The van der Waals surface area contributed by atoms with Crippen LogP contribution < -0.4 is 47.7 Å². The van der Waals surface area contributed by atoms with Gasteiger partial charge in [-0.05, 0) is 35.1 Å². The molecule has 6 nitrogen and oxygen atoms in total. The van der Waals surface area contributed by atoms with Crippen molar-refractivity contribution >= 4 is 23.8 Å². The summed E-state index contributed by atoms with van der Waals surface area (Å²) in [6.07, 6.45) is 0. The van der Waals surface area contributed by atoms with Crippen molar-refractivity contribution in [1.82, 2.24) is 0 Å². The fraction of sp³-hybridized carbons (Fsp3) is 0.400. The van der Waals surface area contributed by atoms with Crippen molar-refractivity contribution in [2.75, 3.05) is 5.73 Å². The first kappa shape index (κ1) is 41.9. The summed E-state index contributed by atoms with van der Waals surface area (Å²) in [4.78, 5) is 11.1. The molecule has 0 bridgehead atoms. The predicted octanol–water partition coefficient (Wildman–Crippen LogP) is 1.64. The number of nitrogens with two attached hydrogens (primary N) is 1. The van der Waals surface area contributed by atoms with Gasteiger partial charge in [0.15, 0.2) is 4.98 Å². The largest absolute Gasteiger partial charge is 1.00 e. The Labute approximate surface area is 210 Å². The summed E-state index contributed by atoms with van der Waals surface area (Å²) >= 11 is 0. The van der Waals surface area contributed by atoms with E-state index in [9.17, 15) is 0 Å². The van der Waals surface area contributed by atoms with Crippen LogP contribution in [-0.4, -0.2) is 0 Å². The number of diazo groups is 1. The van der Waals surface area contributed by atoms with Gasteiger partial charge in [-0.25, -0.2) is 0 Å². The van der Waals surface area contributed by atoms with E-state index in [1.165, 1.54) is 11.1 Å². The molecule has 2 rings (SSSR count). The smallest absolute Gasteiger partial charge is 1.00 e. The van der Waals surface area contributed by atoms with Crippen LogP contribution in [0.2, 0.25) is 0 Å². The minimum Gasteiger partial charge on any atom is -1.00 e. The molecule has 0 fully saturated rings. The van der Waals surface area contributed by atoms with Crippen LogP contribution in [0.4, 0.5) is 11.4 Å². The van der Waals surface area contributed by atoms with Crippen LogP contribution >= 0.6 is 12.4 Å². The van der Waals surface area contributed by atoms with Crippen molar-refractivity contribution in [1.29, 1.82) is 5.39 Å². The van der Waals surface area contributed by atoms with Crippen LogP contribution in [0.5, 0.6) is 0 Å². The van der Waals surface area contributed by atoms with E-state index in [2.05, 4.69) is 44.8 Å². The molecular formula is C20H33Cl2N4NaO2. The maximum atomic E-state index is 8.39. The molecule has 0 aliphatic carbocycles. The molecule has 2 aromatic rings. The SMILES string of the molecule is C.C.CC(C)c1ccc(N)cc1.CC(C)c1ccc([N+]#N)cc1.Cl.O=N[O-].[Cl-].[Na+]. The van der Waals surface area contributed by atoms with Crippen molar-refractivity contribution in [3.63, 3.8) is 0 Å². The van der Waals surface area contributed by atoms with Crippen molar-refractivity contribution in [2.24, 2.45) is 5.34 Å². The Morgan fingerprint density at radius 1 is 0.897 bits per heavy atom. The Morgan fingerprint density at radius 2 is 1.17 bits per heavy atom. The van der Waals surface area contributed by atoms with Crippen LogP contribution in [0.25, 0.3) is 4.98 Å². The minimum absolute atomic E-state index is 0. The Bertz CT molecular complexity index is 647. The van der Waals surface area contributed by atoms with Gasteiger partial charge >= 0.3 is 35.2 Å². The summed E-state index contributed by atoms with van der Waals surface area (Å²) in [7, 11) is 0. The van der Waals surface area contributed by atoms with Gasteiger partial charge in [-0.2, -0.15) is 0 Å². The fourth-order valence-corrected chi connectivity index (χ4v) is 1.81. The van der Waals surface area contributed by atoms with Gasteiger partial charge in [0, 0.05) is 17.8 Å².